The number of carbonyl (C=O) groups excluding carboxylic acids is 2. The van der Waals surface area contributed by atoms with Crippen LogP contribution in [0, 0.1) is 6.92 Å². The maximum Gasteiger partial charge on any atom is 0.240 e. The van der Waals surface area contributed by atoms with E-state index < -0.39 is 0 Å². The van der Waals surface area contributed by atoms with E-state index in [2.05, 4.69) is 21.5 Å². The minimum atomic E-state index is -0.378. The van der Waals surface area contributed by atoms with Gasteiger partial charge in [0.05, 0.1) is 5.75 Å². The van der Waals surface area contributed by atoms with Gasteiger partial charge in [-0.1, -0.05) is 48.0 Å². The monoisotopic (exact) mass is 404 g/mol. The number of hydrogen-bond acceptors (Lipinski definition) is 5. The molecule has 1 saturated heterocycles. The smallest absolute Gasteiger partial charge is 0.240 e. The van der Waals surface area contributed by atoms with Crippen LogP contribution in [0.2, 0.25) is 5.02 Å². The second kappa shape index (κ2) is 9.23. The first-order valence-corrected chi connectivity index (χ1v) is 9.97. The molecule has 27 heavy (non-hydrogen) atoms. The summed E-state index contributed by atoms with van der Waals surface area (Å²) in [6, 6.07) is 14.8. The van der Waals surface area contributed by atoms with Gasteiger partial charge in [-0.05, 0) is 36.6 Å². The van der Waals surface area contributed by atoms with Crippen LogP contribution in [-0.4, -0.2) is 29.1 Å². The Hall–Kier alpha value is -2.06. The second-order valence-corrected chi connectivity index (χ2v) is 7.74. The largest absolute Gasteiger partial charge is 0.329 e. The van der Waals surface area contributed by atoms with Crippen molar-refractivity contribution >= 4 is 40.9 Å². The van der Waals surface area contributed by atoms with Gasteiger partial charge in [0, 0.05) is 10.7 Å². The summed E-state index contributed by atoms with van der Waals surface area (Å²) in [5, 5.41) is 6.28. The van der Waals surface area contributed by atoms with Gasteiger partial charge in [-0.2, -0.15) is 0 Å². The minimum absolute atomic E-state index is 0.0965. The molecular formula is C19H21ClN4O2S. The zero-order valence-corrected chi connectivity index (χ0v) is 16.4. The lowest BCUT2D eigenvalue weighted by molar-refractivity contribution is -0.125. The van der Waals surface area contributed by atoms with E-state index in [1.807, 2.05) is 43.3 Å². The maximum absolute atomic E-state index is 12.3. The van der Waals surface area contributed by atoms with E-state index in [-0.39, 0.29) is 29.1 Å². The number of benzene rings is 2. The van der Waals surface area contributed by atoms with Gasteiger partial charge >= 0.3 is 0 Å². The Balaban J connectivity index is 1.43. The number of anilines is 1. The normalized spacial score (nSPS) is 19.4. The quantitative estimate of drug-likeness (QED) is 0.594. The molecule has 2 aromatic rings. The van der Waals surface area contributed by atoms with Gasteiger partial charge in [-0.3, -0.25) is 9.59 Å². The van der Waals surface area contributed by atoms with Crippen molar-refractivity contribution in [3.8, 4) is 0 Å². The van der Waals surface area contributed by atoms with Gasteiger partial charge in [0.25, 0.3) is 0 Å². The summed E-state index contributed by atoms with van der Waals surface area (Å²) in [7, 11) is 0. The number of hydrazine groups is 1. The molecule has 0 saturated carbocycles. The van der Waals surface area contributed by atoms with E-state index in [0.717, 1.165) is 11.1 Å². The molecule has 142 valence electrons. The molecule has 2 unspecified atom stereocenters. The van der Waals surface area contributed by atoms with Gasteiger partial charge in [-0.25, -0.2) is 10.9 Å². The van der Waals surface area contributed by atoms with Crippen LogP contribution in [0.5, 0.6) is 0 Å². The summed E-state index contributed by atoms with van der Waals surface area (Å²) in [5.41, 5.74) is 8.36. The number of halogens is 1. The molecule has 0 aliphatic carbocycles. The zero-order chi connectivity index (χ0) is 19.2. The van der Waals surface area contributed by atoms with Crippen molar-refractivity contribution < 1.29 is 9.59 Å². The van der Waals surface area contributed by atoms with Gasteiger partial charge in [-0.15, -0.1) is 11.8 Å². The van der Waals surface area contributed by atoms with Gasteiger partial charge in [0.1, 0.15) is 11.5 Å². The van der Waals surface area contributed by atoms with Crippen LogP contribution in [-0.2, 0) is 16.0 Å². The standard InChI is InChI=1S/C19H21ClN4O2S/c1-12-7-8-14(10-15(12)20)21-17(25)11-27-19-22-18(26)16(23-24-19)9-13-5-3-2-4-6-13/h2-8,10,16,19,23-24H,9,11H2,1H3,(H,21,25)(H,22,26). The first-order chi connectivity index (χ1) is 13.0. The fourth-order valence-corrected chi connectivity index (χ4v) is 3.53. The molecule has 2 amide bonds. The van der Waals surface area contributed by atoms with Crippen molar-refractivity contribution in [1.29, 1.82) is 0 Å². The summed E-state index contributed by atoms with van der Waals surface area (Å²) < 4.78 is 0. The van der Waals surface area contributed by atoms with E-state index in [0.29, 0.717) is 17.1 Å². The molecule has 2 aromatic carbocycles. The Bertz CT molecular complexity index is 819. The number of hydrogen-bond donors (Lipinski definition) is 4. The number of rotatable bonds is 6. The third-order valence-electron chi connectivity index (χ3n) is 4.10. The van der Waals surface area contributed by atoms with E-state index in [4.69, 9.17) is 11.6 Å². The van der Waals surface area contributed by atoms with Crippen molar-refractivity contribution in [2.24, 2.45) is 0 Å². The first kappa shape index (κ1) is 19.7. The third kappa shape index (κ3) is 5.71. The molecule has 3 rings (SSSR count). The number of nitrogens with one attached hydrogen (secondary N) is 4. The molecule has 1 aliphatic rings. The van der Waals surface area contributed by atoms with Crippen molar-refractivity contribution in [3.63, 3.8) is 0 Å². The summed E-state index contributed by atoms with van der Waals surface area (Å²) in [4.78, 5) is 24.4. The molecule has 8 heteroatoms. The zero-order valence-electron chi connectivity index (χ0n) is 14.8. The number of carbonyl (C=O) groups is 2. The lowest BCUT2D eigenvalue weighted by atomic mass is 10.1. The van der Waals surface area contributed by atoms with Crippen LogP contribution in [0.25, 0.3) is 0 Å². The Morgan fingerprint density at radius 2 is 1.96 bits per heavy atom. The molecule has 2 atom stereocenters. The van der Waals surface area contributed by atoms with Crippen LogP contribution in [0.3, 0.4) is 0 Å². The molecule has 0 bridgehead atoms. The Morgan fingerprint density at radius 3 is 2.67 bits per heavy atom. The SMILES string of the molecule is Cc1ccc(NC(=O)CSC2NNC(Cc3ccccc3)C(=O)N2)cc1Cl. The predicted molar refractivity (Wildman–Crippen MR) is 109 cm³/mol. The lowest BCUT2D eigenvalue weighted by Gasteiger charge is -2.31. The average molecular weight is 405 g/mol. The molecule has 1 aliphatic heterocycles. The average Bonchev–Trinajstić information content (AvgIpc) is 2.66. The molecule has 6 nitrogen and oxygen atoms in total. The van der Waals surface area contributed by atoms with Crippen LogP contribution >= 0.6 is 23.4 Å². The van der Waals surface area contributed by atoms with Gasteiger partial charge in [0.2, 0.25) is 11.8 Å². The molecule has 0 radical (unpaired) electrons. The Morgan fingerprint density at radius 1 is 1.19 bits per heavy atom. The minimum Gasteiger partial charge on any atom is -0.329 e. The maximum atomic E-state index is 12.3. The summed E-state index contributed by atoms with van der Waals surface area (Å²) >= 11 is 7.36. The fraction of sp³-hybridized carbons (Fsp3) is 0.263. The van der Waals surface area contributed by atoms with E-state index in [1.54, 1.807) is 12.1 Å². The summed E-state index contributed by atoms with van der Waals surface area (Å²) in [5.74, 6) is -0.0720. The van der Waals surface area contributed by atoms with Gasteiger partial charge in [0.15, 0.2) is 0 Å². The second-order valence-electron chi connectivity index (χ2n) is 6.24. The molecule has 1 fully saturated rings. The van der Waals surface area contributed by atoms with Crippen molar-refractivity contribution in [2.45, 2.75) is 24.9 Å². The number of aryl methyl sites for hydroxylation is 1. The van der Waals surface area contributed by atoms with Crippen LogP contribution in [0.4, 0.5) is 5.69 Å². The van der Waals surface area contributed by atoms with Gasteiger partial charge < -0.3 is 10.6 Å². The van der Waals surface area contributed by atoms with Crippen molar-refractivity contribution in [2.75, 3.05) is 11.1 Å². The van der Waals surface area contributed by atoms with E-state index >= 15 is 0 Å². The highest BCUT2D eigenvalue weighted by Crippen LogP contribution is 2.20. The highest BCUT2D eigenvalue weighted by Gasteiger charge is 2.27. The van der Waals surface area contributed by atoms with Crippen LogP contribution < -0.4 is 21.5 Å². The van der Waals surface area contributed by atoms with Crippen LogP contribution in [0.15, 0.2) is 48.5 Å². The summed E-state index contributed by atoms with van der Waals surface area (Å²) in [6.45, 7) is 1.90. The molecule has 4 N–H and O–H groups in total. The van der Waals surface area contributed by atoms with E-state index in [1.165, 1.54) is 11.8 Å². The Kier molecular flexibility index (Phi) is 6.73. The summed E-state index contributed by atoms with van der Waals surface area (Å²) in [6.07, 6.45) is 0.589. The first-order valence-electron chi connectivity index (χ1n) is 8.54. The molecule has 1 heterocycles. The molecular weight excluding hydrogens is 384 g/mol. The number of amides is 2. The van der Waals surface area contributed by atoms with Crippen molar-refractivity contribution in [3.05, 3.63) is 64.7 Å². The molecule has 0 aromatic heterocycles. The fourth-order valence-electron chi connectivity index (χ4n) is 2.61. The highest BCUT2D eigenvalue weighted by molar-refractivity contribution is 8.00. The van der Waals surface area contributed by atoms with E-state index in [9.17, 15) is 9.59 Å². The highest BCUT2D eigenvalue weighted by atomic mass is 35.5. The van der Waals surface area contributed by atoms with Crippen molar-refractivity contribution in [1.82, 2.24) is 16.2 Å². The number of thioether (sulfide) groups is 1. The molecule has 0 spiro atoms. The topological polar surface area (TPSA) is 82.3 Å². The third-order valence-corrected chi connectivity index (χ3v) is 5.50. The lowest BCUT2D eigenvalue weighted by Crippen LogP contribution is -2.64. The predicted octanol–water partition coefficient (Wildman–Crippen LogP) is 2.44. The Labute approximate surface area is 167 Å². The van der Waals surface area contributed by atoms with Crippen LogP contribution in [0.1, 0.15) is 11.1 Å².